The maximum atomic E-state index is 13.7. The molecule has 24 nitrogen and oxygen atoms in total. The predicted octanol–water partition coefficient (Wildman–Crippen LogP) is 16.9. The van der Waals surface area contributed by atoms with Crippen LogP contribution in [-0.2, 0) is 38.7 Å². The summed E-state index contributed by atoms with van der Waals surface area (Å²) < 4.78 is 135. The Morgan fingerprint density at radius 2 is 1.01 bits per heavy atom. The molecule has 4 aromatic heterocycles. The lowest BCUT2D eigenvalue weighted by Gasteiger charge is -2.71. The third-order valence-corrected chi connectivity index (χ3v) is 25.5. The van der Waals surface area contributed by atoms with Gasteiger partial charge >= 0.3 is 18.4 Å². The van der Waals surface area contributed by atoms with Gasteiger partial charge in [0.1, 0.15) is 66.7 Å². The van der Waals surface area contributed by atoms with Crippen LogP contribution < -0.4 is 60.8 Å². The number of nitrogens with one attached hydrogen (secondary N) is 4. The first-order chi connectivity index (χ1) is 57.9. The number of alkyl halides is 7. The molecule has 21 rings (SSSR count). The quantitative estimate of drug-likeness (QED) is 0.0232. The molecule has 0 saturated heterocycles. The molecule has 1 unspecified atom stereocenters. The molecule has 1 aliphatic heterocycles. The average molecular weight is 1810 g/mol. The SMILES string of the molecule is CC1(F)Oc2ccc(OCC(=O)CC34CC(NC(=O)c5ccncc5)(C3)C4)cc2O1.CCc1cccc(C(=O)CC23CC(NC(=O)COc4ccc(Cl)c(F)c4)(C2)C3)c1.Cc1cc(OCC(=O)CC23CC(Nc4c(Cl)cnn(CC(F)(F)F)c4=O)(C2)C3)ccc1Cl.Cc1cc(OCC(=O)CC23CC(Nc4cnn(CC(F)(F)F)c(=O)c4Cl)(C2)C3)ncc1Cl. The van der Waals surface area contributed by atoms with Crippen molar-refractivity contribution < 1.29 is 92.3 Å². The number of carbonyl (C=O) groups is 6. The second kappa shape index (κ2) is 34.1. The summed E-state index contributed by atoms with van der Waals surface area (Å²) in [6.45, 7) is 3.52. The standard InChI is InChI=1S/C23H23ClFNO3.C22H21FN2O5.C21H20Cl2F3N3O3.C20H19Cl2F3N4O3/c1-2-15-4-3-5-16(8-15)20(27)10-22-12-23(13-22,14-22)26-21(28)11-29-17-6-7-18(24)19(25)9-17;1-20(23)29-17-3-2-16(8-18(17)30-20)28-10-15(26)9-21-11-22(12-21,13-21)25-19(27)14-4-6-24-7-5-14;1-12-4-14(2-3-15(12)22)32-7-13(30)5-19-8-20(9-19,10-19)28-17-16(23)6-27-29(18(17)31)11-21(24,25)26;1-11-2-15(26-4-13(11)21)32-6-12(30)3-18-7-19(8-18,9-18)28-14-5-27-29(10-20(23,24)25)17(31)16(14)22/h3-9H,2,10-14H2,1H3,(H,26,28);2-8H,9-13H2,1H3,(H,25,27);2-4,6,28H,5,7-11H2,1H3;2,4-5,28H,3,6-10H2,1H3. The number of hydrogen-bond acceptors (Lipinski definition) is 20. The molecule has 12 saturated carbocycles. The van der Waals surface area contributed by atoms with Crippen molar-refractivity contribution >= 4 is 104 Å². The number of amides is 2. The second-order valence-electron chi connectivity index (χ2n) is 34.5. The van der Waals surface area contributed by atoms with E-state index in [-0.39, 0.29) is 142 Å². The fourth-order valence-corrected chi connectivity index (χ4v) is 19.8. The van der Waals surface area contributed by atoms with Gasteiger partial charge in [0.05, 0.1) is 33.1 Å². The molecule has 8 aromatic rings. The molecule has 4 N–H and O–H groups in total. The molecule has 2 amide bonds. The summed E-state index contributed by atoms with van der Waals surface area (Å²) in [5.41, 5.74) is 0.884. The summed E-state index contributed by atoms with van der Waals surface area (Å²) in [6.07, 6.45) is 9.02. The smallest absolute Gasteiger partial charge is 0.408 e. The number of anilines is 2. The van der Waals surface area contributed by atoms with E-state index in [1.165, 1.54) is 31.3 Å². The maximum Gasteiger partial charge on any atom is 0.408 e. The van der Waals surface area contributed by atoms with Gasteiger partial charge in [-0.3, -0.25) is 43.3 Å². The van der Waals surface area contributed by atoms with Crippen LogP contribution in [0.25, 0.3) is 0 Å². The summed E-state index contributed by atoms with van der Waals surface area (Å²) in [7, 11) is 0. The van der Waals surface area contributed by atoms with E-state index >= 15 is 0 Å². The lowest BCUT2D eigenvalue weighted by Crippen LogP contribution is -2.75. The molecule has 12 fully saturated rings. The Morgan fingerprint density at radius 3 is 1.58 bits per heavy atom. The zero-order chi connectivity index (χ0) is 88.3. The van der Waals surface area contributed by atoms with E-state index in [2.05, 4.69) is 48.4 Å². The van der Waals surface area contributed by atoms with Crippen molar-refractivity contribution in [1.29, 1.82) is 0 Å². The van der Waals surface area contributed by atoms with E-state index in [9.17, 15) is 73.5 Å². The number of benzene rings is 4. The molecule has 12 aliphatic carbocycles. The fourth-order valence-electron chi connectivity index (χ4n) is 19.1. The van der Waals surface area contributed by atoms with Crippen LogP contribution in [0, 0.1) is 41.3 Å². The number of halogens is 13. The number of ether oxygens (including phenoxy) is 6. The number of pyridine rings is 2. The summed E-state index contributed by atoms with van der Waals surface area (Å²) in [6, 6.07) is 24.6. The second-order valence-corrected chi connectivity index (χ2v) is 36.5. The van der Waals surface area contributed by atoms with Crippen molar-refractivity contribution in [3.05, 3.63) is 208 Å². The van der Waals surface area contributed by atoms with Gasteiger partial charge in [0, 0.05) is 108 Å². The third kappa shape index (κ3) is 20.6. The first-order valence-corrected chi connectivity index (χ1v) is 41.2. The van der Waals surface area contributed by atoms with Gasteiger partial charge in [0.2, 0.25) is 5.88 Å². The van der Waals surface area contributed by atoms with Gasteiger partial charge in [-0.25, -0.2) is 18.7 Å². The Bertz CT molecular complexity index is 5550. The first-order valence-electron chi connectivity index (χ1n) is 39.3. The van der Waals surface area contributed by atoms with Crippen LogP contribution in [0.2, 0.25) is 25.1 Å². The molecule has 0 radical (unpaired) electrons. The van der Waals surface area contributed by atoms with Crippen molar-refractivity contribution in [2.75, 3.05) is 37.1 Å². The molecule has 0 spiro atoms. The Kier molecular flexibility index (Phi) is 24.7. The van der Waals surface area contributed by atoms with Gasteiger partial charge in [-0.1, -0.05) is 83.1 Å². The molecular formula is C86H83Cl5F8N10O14. The number of carbonyl (C=O) groups excluding carboxylic acids is 6. The molecule has 13 aliphatic rings. The Labute approximate surface area is 724 Å². The van der Waals surface area contributed by atoms with Crippen molar-refractivity contribution in [1.82, 2.24) is 40.2 Å². The van der Waals surface area contributed by atoms with E-state index in [0.29, 0.717) is 108 Å². The highest BCUT2D eigenvalue weighted by atomic mass is 35.5. The Morgan fingerprint density at radius 1 is 0.512 bits per heavy atom. The number of hydrogen-bond donors (Lipinski definition) is 4. The van der Waals surface area contributed by atoms with E-state index in [0.717, 1.165) is 85.7 Å². The van der Waals surface area contributed by atoms with Gasteiger partial charge in [0.25, 0.3) is 22.9 Å². The normalized spacial score (nSPS) is 25.4. The van der Waals surface area contributed by atoms with Gasteiger partial charge in [0.15, 0.2) is 41.2 Å². The number of Topliss-reactive ketones (excluding diaryl/α,β-unsaturated/α-hetero) is 4. The molecule has 1 atom stereocenters. The molecule has 4 aromatic carbocycles. The number of fused-ring (bicyclic) bond motifs is 1. The van der Waals surface area contributed by atoms with Gasteiger partial charge in [-0.15, -0.1) is 0 Å². The maximum absolute atomic E-state index is 13.7. The number of rotatable bonds is 31. The largest absolute Gasteiger partial charge is 0.486 e. The number of aryl methyl sites for hydroxylation is 3. The number of ketones is 4. The van der Waals surface area contributed by atoms with E-state index < -0.39 is 54.0 Å². The topological polar surface area (TPSA) is 301 Å². The van der Waals surface area contributed by atoms with E-state index in [1.54, 1.807) is 60.9 Å². The van der Waals surface area contributed by atoms with Crippen molar-refractivity contribution in [2.45, 2.75) is 190 Å². The van der Waals surface area contributed by atoms with Crippen LogP contribution in [0.4, 0.5) is 46.5 Å². The highest BCUT2D eigenvalue weighted by molar-refractivity contribution is 6.33. The molecule has 8 bridgehead atoms. The molecular weight excluding hydrogens is 1730 g/mol. The fraction of sp³-hybridized carbons (Fsp3) is 0.442. The lowest BCUT2D eigenvalue weighted by atomic mass is 9.38. The monoisotopic (exact) mass is 1810 g/mol. The summed E-state index contributed by atoms with van der Waals surface area (Å²) in [5.74, 6) is 1.27. The van der Waals surface area contributed by atoms with Crippen LogP contribution in [0.15, 0.2) is 138 Å². The van der Waals surface area contributed by atoms with Gasteiger partial charge in [-0.2, -0.15) is 40.9 Å². The molecule has 37 heteroatoms. The molecule has 5 heterocycles. The summed E-state index contributed by atoms with van der Waals surface area (Å²) in [4.78, 5) is 107. The minimum absolute atomic E-state index is 0.00300. The Balaban J connectivity index is 0.000000134. The van der Waals surface area contributed by atoms with Crippen LogP contribution in [0.5, 0.6) is 34.6 Å². The minimum atomic E-state index is -4.58. The third-order valence-electron chi connectivity index (χ3n) is 23.7. The highest BCUT2D eigenvalue weighted by Crippen LogP contribution is 2.72. The molecule has 123 heavy (non-hydrogen) atoms. The van der Waals surface area contributed by atoms with Crippen molar-refractivity contribution in [3.8, 4) is 34.6 Å². The first kappa shape index (κ1) is 89.1. The highest BCUT2D eigenvalue weighted by Gasteiger charge is 2.71. The zero-order valence-corrected chi connectivity index (χ0v) is 70.5. The van der Waals surface area contributed by atoms with Crippen LogP contribution in [0.3, 0.4) is 0 Å². The van der Waals surface area contributed by atoms with Crippen molar-refractivity contribution in [3.63, 3.8) is 0 Å². The van der Waals surface area contributed by atoms with Gasteiger partial charge in [-0.05, 0) is 196 Å². The lowest BCUT2D eigenvalue weighted by molar-refractivity contribution is -0.173. The molecule has 652 valence electrons. The Hall–Kier alpha value is -10.2. The van der Waals surface area contributed by atoms with E-state index in [4.69, 9.17) is 86.4 Å². The van der Waals surface area contributed by atoms with Crippen LogP contribution in [-0.4, -0.2) is 131 Å². The predicted molar refractivity (Wildman–Crippen MR) is 437 cm³/mol. The average Bonchev–Trinajstić information content (AvgIpc) is 0.744. The summed E-state index contributed by atoms with van der Waals surface area (Å²) >= 11 is 29.5. The zero-order valence-electron chi connectivity index (χ0n) is 66.7. The number of aromatic nitrogens is 6. The summed E-state index contributed by atoms with van der Waals surface area (Å²) in [5, 5.41) is 20.1. The van der Waals surface area contributed by atoms with Crippen molar-refractivity contribution in [2.24, 2.45) is 21.7 Å². The minimum Gasteiger partial charge on any atom is -0.486 e. The van der Waals surface area contributed by atoms with Crippen LogP contribution in [0.1, 0.15) is 154 Å². The van der Waals surface area contributed by atoms with Crippen LogP contribution >= 0.6 is 58.0 Å². The number of nitrogens with zero attached hydrogens (tertiary/aromatic N) is 6. The van der Waals surface area contributed by atoms with Gasteiger partial charge < -0.3 is 49.7 Å². The van der Waals surface area contributed by atoms with E-state index in [1.807, 2.05) is 38.1 Å².